The van der Waals surface area contributed by atoms with Crippen LogP contribution in [0.1, 0.15) is 52.9 Å². The maximum atomic E-state index is 12.6. The summed E-state index contributed by atoms with van der Waals surface area (Å²) in [5.74, 6) is -0.847. The zero-order chi connectivity index (χ0) is 18.4. The lowest BCUT2D eigenvalue weighted by molar-refractivity contribution is -0.119. The molecule has 4 rings (SSSR count). The number of fused-ring (bicyclic) bond motifs is 1. The lowest BCUT2D eigenvalue weighted by atomic mass is 9.91. The van der Waals surface area contributed by atoms with Gasteiger partial charge in [-0.15, -0.1) is 0 Å². The van der Waals surface area contributed by atoms with Crippen molar-refractivity contribution in [2.24, 2.45) is 0 Å². The lowest BCUT2D eigenvalue weighted by Gasteiger charge is -2.28. The van der Waals surface area contributed by atoms with E-state index in [-0.39, 0.29) is 52.2 Å². The predicted molar refractivity (Wildman–Crippen MR) is 90.3 cm³/mol. The molecule has 0 aromatic heterocycles. The van der Waals surface area contributed by atoms with Crippen molar-refractivity contribution in [3.63, 3.8) is 0 Å². The molecule has 0 spiro atoms. The summed E-state index contributed by atoms with van der Waals surface area (Å²) in [4.78, 5) is 24.1. The number of phenolic OH excluding ortho intramolecular Hbond substituents is 3. The highest BCUT2D eigenvalue weighted by Crippen LogP contribution is 2.47. The molecule has 2 aliphatic heterocycles. The molecule has 4 N–H and O–H groups in total. The van der Waals surface area contributed by atoms with Gasteiger partial charge in [0.05, 0.1) is 18.0 Å². The molecule has 7 nitrogen and oxygen atoms in total. The van der Waals surface area contributed by atoms with Crippen LogP contribution < -0.4 is 10.1 Å². The largest absolute Gasteiger partial charge is 0.508 e. The third-order valence-corrected chi connectivity index (χ3v) is 4.81. The summed E-state index contributed by atoms with van der Waals surface area (Å²) < 4.78 is 5.82. The van der Waals surface area contributed by atoms with E-state index >= 15 is 0 Å². The van der Waals surface area contributed by atoms with Crippen LogP contribution in [0.3, 0.4) is 0 Å². The number of rotatable bonds is 2. The number of nitrogens with one attached hydrogen (secondary N) is 1. The van der Waals surface area contributed by atoms with E-state index in [0.29, 0.717) is 18.4 Å². The Hall–Kier alpha value is -3.22. The molecule has 1 fully saturated rings. The number of Topliss-reactive ketones (excluding diaryl/α,β-unsaturated/α-hetero) is 1. The average Bonchev–Trinajstić information content (AvgIpc) is 3.00. The van der Waals surface area contributed by atoms with Gasteiger partial charge in [-0.25, -0.2) is 0 Å². The Morgan fingerprint density at radius 2 is 1.81 bits per heavy atom. The SMILES string of the molecule is O=C1CC[C@@H](c2c(O)cc3c(c2O)C(=O)C[C@H](c2ccc(O)cc2)O3)N1. The highest BCUT2D eigenvalue weighted by atomic mass is 16.5. The molecule has 134 valence electrons. The zero-order valence-electron chi connectivity index (χ0n) is 13.7. The van der Waals surface area contributed by atoms with Crippen LogP contribution in [0, 0.1) is 0 Å². The molecule has 0 radical (unpaired) electrons. The number of amides is 1. The van der Waals surface area contributed by atoms with E-state index in [1.807, 2.05) is 0 Å². The Morgan fingerprint density at radius 1 is 1.08 bits per heavy atom. The first kappa shape index (κ1) is 16.3. The summed E-state index contributed by atoms with van der Waals surface area (Å²) in [5.41, 5.74) is 0.872. The third kappa shape index (κ3) is 2.61. The number of ether oxygens (including phenoxy) is 1. The van der Waals surface area contributed by atoms with Crippen LogP contribution in [-0.2, 0) is 4.79 Å². The number of aromatic hydroxyl groups is 3. The molecule has 0 bridgehead atoms. The van der Waals surface area contributed by atoms with Gasteiger partial charge in [-0.2, -0.15) is 0 Å². The zero-order valence-corrected chi connectivity index (χ0v) is 13.7. The first-order valence-electron chi connectivity index (χ1n) is 8.31. The second-order valence-corrected chi connectivity index (χ2v) is 6.52. The molecular weight excluding hydrogens is 338 g/mol. The molecule has 0 saturated carbocycles. The topological polar surface area (TPSA) is 116 Å². The summed E-state index contributed by atoms with van der Waals surface area (Å²) in [6.45, 7) is 0. The van der Waals surface area contributed by atoms with E-state index in [2.05, 4.69) is 5.32 Å². The van der Waals surface area contributed by atoms with Gasteiger partial charge < -0.3 is 25.4 Å². The maximum absolute atomic E-state index is 12.6. The van der Waals surface area contributed by atoms with Gasteiger partial charge in [0, 0.05) is 12.5 Å². The second-order valence-electron chi connectivity index (χ2n) is 6.52. The molecule has 2 aromatic rings. The second kappa shape index (κ2) is 5.94. The summed E-state index contributed by atoms with van der Waals surface area (Å²) >= 11 is 0. The van der Waals surface area contributed by atoms with Gasteiger partial charge in [-0.05, 0) is 24.1 Å². The van der Waals surface area contributed by atoms with Crippen molar-refractivity contribution in [3.05, 3.63) is 47.0 Å². The lowest BCUT2D eigenvalue weighted by Crippen LogP contribution is -2.22. The molecule has 7 heteroatoms. The number of ketones is 1. The molecule has 0 aliphatic carbocycles. The molecule has 1 saturated heterocycles. The number of benzene rings is 2. The normalized spacial score (nSPS) is 21.8. The first-order valence-corrected chi connectivity index (χ1v) is 8.31. The minimum Gasteiger partial charge on any atom is -0.508 e. The molecule has 2 aliphatic rings. The Balaban J connectivity index is 1.72. The van der Waals surface area contributed by atoms with Crippen LogP contribution in [0.25, 0.3) is 0 Å². The summed E-state index contributed by atoms with van der Waals surface area (Å²) in [7, 11) is 0. The van der Waals surface area contributed by atoms with Crippen LogP contribution in [0.2, 0.25) is 0 Å². The summed E-state index contributed by atoms with van der Waals surface area (Å²) in [5, 5.41) is 33.0. The maximum Gasteiger partial charge on any atom is 0.220 e. The van der Waals surface area contributed by atoms with E-state index in [1.54, 1.807) is 12.1 Å². The highest BCUT2D eigenvalue weighted by Gasteiger charge is 2.36. The van der Waals surface area contributed by atoms with Gasteiger partial charge in [0.25, 0.3) is 0 Å². The van der Waals surface area contributed by atoms with Gasteiger partial charge >= 0.3 is 0 Å². The van der Waals surface area contributed by atoms with Gasteiger partial charge in [0.2, 0.25) is 5.91 Å². The van der Waals surface area contributed by atoms with Crippen LogP contribution in [0.5, 0.6) is 23.0 Å². The minimum absolute atomic E-state index is 0.0204. The molecular formula is C19H17NO6. The van der Waals surface area contributed by atoms with E-state index in [9.17, 15) is 24.9 Å². The van der Waals surface area contributed by atoms with Crippen molar-refractivity contribution in [2.45, 2.75) is 31.4 Å². The predicted octanol–water partition coefficient (Wildman–Crippen LogP) is 2.46. The molecule has 2 heterocycles. The van der Waals surface area contributed by atoms with Crippen LogP contribution >= 0.6 is 0 Å². The molecule has 1 amide bonds. The number of hydrogen-bond donors (Lipinski definition) is 4. The van der Waals surface area contributed by atoms with Gasteiger partial charge in [0.1, 0.15) is 34.7 Å². The van der Waals surface area contributed by atoms with Crippen molar-refractivity contribution in [1.82, 2.24) is 5.32 Å². The smallest absolute Gasteiger partial charge is 0.220 e. The molecule has 2 atom stereocenters. The van der Waals surface area contributed by atoms with Crippen molar-refractivity contribution in [1.29, 1.82) is 0 Å². The van der Waals surface area contributed by atoms with E-state index in [4.69, 9.17) is 4.74 Å². The number of carbonyl (C=O) groups is 2. The standard InChI is InChI=1S/C19H17NO6/c21-10-3-1-9(2-4-10)14-7-13(23)18-15(26-14)8-12(22)17(19(18)25)11-5-6-16(24)20-11/h1-4,8,11,14,21-22,25H,5-7H2,(H,20,24)/t11-,14+/m0/s1. The minimum atomic E-state index is -0.577. The molecule has 0 unspecified atom stereocenters. The Labute approximate surface area is 148 Å². The van der Waals surface area contributed by atoms with Crippen LogP contribution in [0.4, 0.5) is 0 Å². The molecule has 26 heavy (non-hydrogen) atoms. The Bertz CT molecular complexity index is 905. The fourth-order valence-electron chi connectivity index (χ4n) is 3.52. The van der Waals surface area contributed by atoms with Gasteiger partial charge in [0.15, 0.2) is 5.78 Å². The summed E-state index contributed by atoms with van der Waals surface area (Å²) in [6, 6.07) is 7.08. The Kier molecular flexibility index (Phi) is 3.72. The number of hydrogen-bond acceptors (Lipinski definition) is 6. The third-order valence-electron chi connectivity index (χ3n) is 4.81. The fourth-order valence-corrected chi connectivity index (χ4v) is 3.52. The number of phenols is 3. The van der Waals surface area contributed by atoms with Gasteiger partial charge in [-0.1, -0.05) is 12.1 Å². The van der Waals surface area contributed by atoms with E-state index in [0.717, 1.165) is 0 Å². The Morgan fingerprint density at radius 3 is 2.46 bits per heavy atom. The average molecular weight is 355 g/mol. The monoisotopic (exact) mass is 355 g/mol. The van der Waals surface area contributed by atoms with Crippen LogP contribution in [0.15, 0.2) is 30.3 Å². The first-order chi connectivity index (χ1) is 12.4. The molecule has 2 aromatic carbocycles. The van der Waals surface area contributed by atoms with Crippen molar-refractivity contribution in [3.8, 4) is 23.0 Å². The van der Waals surface area contributed by atoms with Crippen molar-refractivity contribution in [2.75, 3.05) is 0 Å². The van der Waals surface area contributed by atoms with Gasteiger partial charge in [-0.3, -0.25) is 9.59 Å². The van der Waals surface area contributed by atoms with Crippen LogP contribution in [-0.4, -0.2) is 27.0 Å². The van der Waals surface area contributed by atoms with E-state index < -0.39 is 12.1 Å². The van der Waals surface area contributed by atoms with E-state index in [1.165, 1.54) is 18.2 Å². The van der Waals surface area contributed by atoms with Crippen molar-refractivity contribution >= 4 is 11.7 Å². The quantitative estimate of drug-likeness (QED) is 0.658. The van der Waals surface area contributed by atoms with Crippen molar-refractivity contribution < 1.29 is 29.6 Å². The summed E-state index contributed by atoms with van der Waals surface area (Å²) in [6.07, 6.45) is 0.177. The number of carbonyl (C=O) groups excluding carboxylic acids is 2. The highest BCUT2D eigenvalue weighted by molar-refractivity contribution is 6.03. The fraction of sp³-hybridized carbons (Fsp3) is 0.263.